The van der Waals surface area contributed by atoms with Crippen molar-refractivity contribution < 1.29 is 9.52 Å². The second-order valence-corrected chi connectivity index (χ2v) is 8.89. The molecule has 0 radical (unpaired) electrons. The number of anilines is 1. The number of fused-ring (bicyclic) bond motifs is 2. The number of phenols is 1. The summed E-state index contributed by atoms with van der Waals surface area (Å²) in [7, 11) is 0. The van der Waals surface area contributed by atoms with Crippen LogP contribution in [0.3, 0.4) is 0 Å². The molecule has 2 aliphatic rings. The minimum absolute atomic E-state index is 0.137. The molecule has 1 aliphatic heterocycles. The molecule has 6 rings (SSSR count). The van der Waals surface area contributed by atoms with Crippen LogP contribution in [0, 0.1) is 12.8 Å². The van der Waals surface area contributed by atoms with Gasteiger partial charge in [-0.15, -0.1) is 0 Å². The van der Waals surface area contributed by atoms with E-state index in [0.717, 1.165) is 35.9 Å². The molecule has 2 N–H and O–H groups in total. The van der Waals surface area contributed by atoms with E-state index in [-0.39, 0.29) is 5.75 Å². The van der Waals surface area contributed by atoms with Crippen LogP contribution in [0.1, 0.15) is 25.7 Å². The van der Waals surface area contributed by atoms with Gasteiger partial charge in [-0.1, -0.05) is 0 Å². The van der Waals surface area contributed by atoms with Crippen molar-refractivity contribution in [2.45, 2.75) is 38.8 Å². The van der Waals surface area contributed by atoms with Gasteiger partial charge in [-0.25, -0.2) is 15.0 Å². The third-order valence-electron chi connectivity index (χ3n) is 6.34. The number of benzene rings is 1. The lowest BCUT2D eigenvalue weighted by atomic mass is 10.1. The Morgan fingerprint density at radius 3 is 2.65 bits per heavy atom. The van der Waals surface area contributed by atoms with Crippen LogP contribution in [0.2, 0.25) is 0 Å². The molecule has 4 aromatic rings. The van der Waals surface area contributed by atoms with E-state index in [1.54, 1.807) is 19.1 Å². The van der Waals surface area contributed by atoms with Crippen molar-refractivity contribution >= 4 is 28.0 Å². The lowest BCUT2D eigenvalue weighted by Crippen LogP contribution is -2.56. The molecule has 0 amide bonds. The largest absolute Gasteiger partial charge is 0.507 e. The maximum absolute atomic E-state index is 10.5. The number of pyridine rings is 2. The highest BCUT2D eigenvalue weighted by atomic mass is 16.3. The number of aromatic nitrogens is 3. The number of aryl methyl sites for hydroxylation is 1. The second-order valence-electron chi connectivity index (χ2n) is 8.89. The molecule has 2 fully saturated rings. The van der Waals surface area contributed by atoms with Crippen LogP contribution < -0.4 is 10.2 Å². The van der Waals surface area contributed by atoms with Crippen LogP contribution in [-0.2, 0) is 0 Å². The number of oxazole rings is 1. The second kappa shape index (κ2) is 6.92. The Balaban J connectivity index is 1.33. The number of phenolic OH excluding ortho intramolecular Hbond substituents is 1. The van der Waals surface area contributed by atoms with Crippen molar-refractivity contribution in [2.24, 2.45) is 5.92 Å². The normalized spacial score (nSPS) is 21.8. The Morgan fingerprint density at radius 2 is 1.81 bits per heavy atom. The molecule has 158 valence electrons. The Labute approximate surface area is 180 Å². The van der Waals surface area contributed by atoms with E-state index in [1.807, 2.05) is 18.2 Å². The Bertz CT molecular complexity index is 1300. The summed E-state index contributed by atoms with van der Waals surface area (Å²) in [4.78, 5) is 16.3. The first-order valence-corrected chi connectivity index (χ1v) is 10.9. The zero-order chi connectivity index (χ0) is 21.1. The SMILES string of the molecule is Cc1nc2cc(O)c(-c3ccc4nc(N5C[C@H](C)N[C@@H](C6CC6)C5)ccc4n3)cc2o1. The topological polar surface area (TPSA) is 87.3 Å². The number of hydrogen-bond donors (Lipinski definition) is 2. The van der Waals surface area contributed by atoms with Gasteiger partial charge in [-0.2, -0.15) is 0 Å². The third-order valence-corrected chi connectivity index (χ3v) is 6.34. The van der Waals surface area contributed by atoms with Crippen molar-refractivity contribution in [3.63, 3.8) is 0 Å². The van der Waals surface area contributed by atoms with E-state index in [1.165, 1.54) is 12.8 Å². The number of aromatic hydroxyl groups is 1. The van der Waals surface area contributed by atoms with Gasteiger partial charge < -0.3 is 19.7 Å². The average Bonchev–Trinajstić information content (AvgIpc) is 3.54. The molecule has 31 heavy (non-hydrogen) atoms. The summed E-state index contributed by atoms with van der Waals surface area (Å²) >= 11 is 0. The lowest BCUT2D eigenvalue weighted by Gasteiger charge is -2.38. The maximum Gasteiger partial charge on any atom is 0.192 e. The highest BCUT2D eigenvalue weighted by molar-refractivity contribution is 5.86. The van der Waals surface area contributed by atoms with E-state index in [2.05, 4.69) is 28.2 Å². The highest BCUT2D eigenvalue weighted by Gasteiger charge is 2.36. The molecule has 0 bridgehead atoms. The molecule has 0 unspecified atom stereocenters. The Kier molecular flexibility index (Phi) is 4.14. The summed E-state index contributed by atoms with van der Waals surface area (Å²) in [6, 6.07) is 12.4. The Morgan fingerprint density at radius 1 is 1.00 bits per heavy atom. The first kappa shape index (κ1) is 18.6. The van der Waals surface area contributed by atoms with Crippen molar-refractivity contribution in [1.82, 2.24) is 20.3 Å². The van der Waals surface area contributed by atoms with Crippen LogP contribution in [-0.4, -0.2) is 45.2 Å². The molecular formula is C24H25N5O2. The van der Waals surface area contributed by atoms with Gasteiger partial charge in [-0.3, -0.25) is 0 Å². The molecule has 3 aromatic heterocycles. The van der Waals surface area contributed by atoms with E-state index in [0.29, 0.717) is 40.3 Å². The fraction of sp³-hybridized carbons (Fsp3) is 0.375. The molecule has 7 heteroatoms. The van der Waals surface area contributed by atoms with Crippen molar-refractivity contribution in [1.29, 1.82) is 0 Å². The van der Waals surface area contributed by atoms with Crippen LogP contribution in [0.25, 0.3) is 33.4 Å². The Hall–Kier alpha value is -3.19. The van der Waals surface area contributed by atoms with E-state index in [4.69, 9.17) is 14.4 Å². The van der Waals surface area contributed by atoms with Gasteiger partial charge in [0.25, 0.3) is 0 Å². The monoisotopic (exact) mass is 415 g/mol. The predicted octanol–water partition coefficient (Wildman–Crippen LogP) is 4.03. The maximum atomic E-state index is 10.5. The summed E-state index contributed by atoms with van der Waals surface area (Å²) in [5, 5.41) is 14.2. The molecular weight excluding hydrogens is 390 g/mol. The van der Waals surface area contributed by atoms with E-state index in [9.17, 15) is 5.11 Å². The fourth-order valence-electron chi connectivity index (χ4n) is 4.69. The highest BCUT2D eigenvalue weighted by Crippen LogP contribution is 2.36. The summed E-state index contributed by atoms with van der Waals surface area (Å²) in [5.41, 5.74) is 4.24. The average molecular weight is 415 g/mol. The number of nitrogens with zero attached hydrogens (tertiary/aromatic N) is 4. The zero-order valence-electron chi connectivity index (χ0n) is 17.7. The molecule has 2 atom stereocenters. The molecule has 0 spiro atoms. The minimum Gasteiger partial charge on any atom is -0.507 e. The van der Waals surface area contributed by atoms with Gasteiger partial charge >= 0.3 is 0 Å². The molecule has 1 aromatic carbocycles. The van der Waals surface area contributed by atoms with Crippen LogP contribution in [0.5, 0.6) is 5.75 Å². The molecule has 1 aliphatic carbocycles. The number of piperazine rings is 1. The summed E-state index contributed by atoms with van der Waals surface area (Å²) in [6.07, 6.45) is 2.67. The molecule has 1 saturated carbocycles. The zero-order valence-corrected chi connectivity index (χ0v) is 17.7. The standard InChI is InChI=1S/C24H25N5O2/c1-13-11-29(12-21(25-13)15-3-4-15)24-8-7-18-19(28-24)6-5-17(27-18)16-9-23-20(10-22(16)30)26-14(2)31-23/h5-10,13,15,21,25,30H,3-4,11-12H2,1-2H3/t13-,21+/m0/s1. The first-order chi connectivity index (χ1) is 15.0. The van der Waals surface area contributed by atoms with Crippen molar-refractivity contribution in [3.8, 4) is 17.0 Å². The third kappa shape index (κ3) is 3.39. The summed E-state index contributed by atoms with van der Waals surface area (Å²) in [6.45, 7) is 6.00. The van der Waals surface area contributed by atoms with Crippen LogP contribution >= 0.6 is 0 Å². The molecule has 1 saturated heterocycles. The minimum atomic E-state index is 0.137. The van der Waals surface area contributed by atoms with Crippen molar-refractivity contribution in [3.05, 3.63) is 42.3 Å². The lowest BCUT2D eigenvalue weighted by molar-refractivity contribution is 0.358. The smallest absolute Gasteiger partial charge is 0.192 e. The van der Waals surface area contributed by atoms with E-state index < -0.39 is 0 Å². The first-order valence-electron chi connectivity index (χ1n) is 10.9. The van der Waals surface area contributed by atoms with Gasteiger partial charge in [0.2, 0.25) is 0 Å². The van der Waals surface area contributed by atoms with Crippen LogP contribution in [0.4, 0.5) is 5.82 Å². The van der Waals surface area contributed by atoms with E-state index >= 15 is 0 Å². The number of rotatable bonds is 3. The van der Waals surface area contributed by atoms with Gasteiger partial charge in [0.15, 0.2) is 11.5 Å². The predicted molar refractivity (Wildman–Crippen MR) is 120 cm³/mol. The number of nitrogens with one attached hydrogen (secondary N) is 1. The van der Waals surface area contributed by atoms with Crippen molar-refractivity contribution in [2.75, 3.05) is 18.0 Å². The molecule has 4 heterocycles. The molecule has 7 nitrogen and oxygen atoms in total. The van der Waals surface area contributed by atoms with Gasteiger partial charge in [-0.05, 0) is 56.0 Å². The van der Waals surface area contributed by atoms with Gasteiger partial charge in [0.05, 0.1) is 16.7 Å². The van der Waals surface area contributed by atoms with Gasteiger partial charge in [0, 0.05) is 43.7 Å². The fourth-order valence-corrected chi connectivity index (χ4v) is 4.69. The van der Waals surface area contributed by atoms with Gasteiger partial charge in [0.1, 0.15) is 17.1 Å². The van der Waals surface area contributed by atoms with Crippen LogP contribution in [0.15, 0.2) is 40.8 Å². The number of hydrogen-bond acceptors (Lipinski definition) is 7. The quantitative estimate of drug-likeness (QED) is 0.522. The summed E-state index contributed by atoms with van der Waals surface area (Å²) < 4.78 is 5.62. The summed E-state index contributed by atoms with van der Waals surface area (Å²) in [5.74, 6) is 2.52.